The van der Waals surface area contributed by atoms with E-state index in [0.29, 0.717) is 6.42 Å². The Labute approximate surface area is 581 Å². The molecule has 1 aliphatic heterocycles. The molecule has 3 atom stereocenters. The summed E-state index contributed by atoms with van der Waals surface area (Å²) < 4.78 is 4.83. The van der Waals surface area contributed by atoms with Gasteiger partial charge in [0.05, 0.1) is 34.2 Å². The lowest BCUT2D eigenvalue weighted by atomic mass is 9.82. The van der Waals surface area contributed by atoms with E-state index in [1.165, 1.54) is 77.2 Å². The summed E-state index contributed by atoms with van der Waals surface area (Å²) in [7, 11) is 0. The Morgan fingerprint density at radius 1 is 0.370 bits per heavy atom. The van der Waals surface area contributed by atoms with E-state index in [1.54, 1.807) is 0 Å². The third kappa shape index (κ3) is 9.35. The highest BCUT2D eigenvalue weighted by atomic mass is 15.1. The van der Waals surface area contributed by atoms with Gasteiger partial charge in [-0.3, -0.25) is 14.1 Å². The molecule has 1 N–H and O–H groups in total. The van der Waals surface area contributed by atoms with E-state index in [9.17, 15) is 0 Å². The predicted molar refractivity (Wildman–Crippen MR) is 414 cm³/mol. The zero-order chi connectivity index (χ0) is 65.8. The monoisotopic (exact) mass is 1280 g/mol. The number of aliphatic imine (C=N–C) groups is 1. The smallest absolute Gasteiger partial charge is 0.145 e. The molecule has 4 aliphatic carbocycles. The van der Waals surface area contributed by atoms with Gasteiger partial charge in [0.1, 0.15) is 17.8 Å². The quantitative estimate of drug-likeness (QED) is 0.124. The third-order valence-electron chi connectivity index (χ3n) is 21.4. The van der Waals surface area contributed by atoms with Gasteiger partial charge in [-0.15, -0.1) is 0 Å². The predicted octanol–water partition coefficient (Wildman–Crippen LogP) is 24.2. The van der Waals surface area contributed by atoms with Crippen LogP contribution in [0.25, 0.3) is 156 Å². The van der Waals surface area contributed by atoms with Crippen LogP contribution in [0.3, 0.4) is 0 Å². The van der Waals surface area contributed by atoms with Crippen LogP contribution >= 0.6 is 0 Å². The average Bonchev–Trinajstić information content (AvgIpc) is 1.44. The summed E-state index contributed by atoms with van der Waals surface area (Å²) in [5.41, 5.74) is 30.8. The Hall–Kier alpha value is -12.5. The van der Waals surface area contributed by atoms with Crippen molar-refractivity contribution < 1.29 is 0 Å². The number of fused-ring (bicyclic) bond motifs is 7. The fourth-order valence-corrected chi connectivity index (χ4v) is 16.8. The van der Waals surface area contributed by atoms with Crippen LogP contribution in [0.15, 0.2) is 333 Å². The van der Waals surface area contributed by atoms with Crippen LogP contribution in [0.4, 0.5) is 5.69 Å². The molecule has 0 radical (unpaired) electrons. The molecule has 0 saturated heterocycles. The molecule has 20 rings (SSSR count). The number of imidazole rings is 2. The van der Waals surface area contributed by atoms with Crippen molar-refractivity contribution in [3.8, 4) is 129 Å². The molecule has 0 spiro atoms. The van der Waals surface area contributed by atoms with E-state index in [4.69, 9.17) is 15.0 Å². The molecule has 0 bridgehead atoms. The zero-order valence-corrected chi connectivity index (χ0v) is 55.0. The van der Waals surface area contributed by atoms with Crippen molar-refractivity contribution in [3.63, 3.8) is 0 Å². The van der Waals surface area contributed by atoms with Crippen LogP contribution in [0.5, 0.6) is 0 Å². The second kappa shape index (κ2) is 23.6. The van der Waals surface area contributed by atoms with E-state index >= 15 is 0 Å². The zero-order valence-electron chi connectivity index (χ0n) is 55.0. The van der Waals surface area contributed by atoms with Crippen molar-refractivity contribution in [2.45, 2.75) is 37.8 Å². The number of nitrogens with zero attached hydrogens (tertiary/aromatic N) is 5. The minimum atomic E-state index is -0.454. The van der Waals surface area contributed by atoms with E-state index in [-0.39, 0.29) is 11.8 Å². The molecule has 2 aromatic heterocycles. The lowest BCUT2D eigenvalue weighted by molar-refractivity contribution is 0.618. The first-order valence-corrected chi connectivity index (χ1v) is 35.2. The van der Waals surface area contributed by atoms with Crippen molar-refractivity contribution in [2.75, 3.05) is 5.32 Å². The molecular formula is C94H66N6. The maximum Gasteiger partial charge on any atom is 0.145 e. The molecular weight excluding hydrogens is 1210 g/mol. The highest BCUT2D eigenvalue weighted by Crippen LogP contribution is 2.55. The summed E-state index contributed by atoms with van der Waals surface area (Å²) in [6.07, 6.45) is 15.4. The van der Waals surface area contributed by atoms with E-state index in [2.05, 4.69) is 342 Å². The summed E-state index contributed by atoms with van der Waals surface area (Å²) >= 11 is 0. The Balaban J connectivity index is 0.796. The second-order valence-electron chi connectivity index (χ2n) is 27.1. The van der Waals surface area contributed by atoms with E-state index in [1.807, 2.05) is 0 Å². The number of benzene rings is 13. The fourth-order valence-electron chi connectivity index (χ4n) is 16.8. The summed E-state index contributed by atoms with van der Waals surface area (Å²) in [6.45, 7) is 0. The van der Waals surface area contributed by atoms with Gasteiger partial charge in [-0.2, -0.15) is 0 Å². The number of nitrogens with one attached hydrogen (secondary N) is 1. The van der Waals surface area contributed by atoms with Crippen LogP contribution in [-0.2, 0) is 0 Å². The minimum absolute atomic E-state index is 0.113. The number of rotatable bonds is 12. The summed E-state index contributed by atoms with van der Waals surface area (Å²) in [6, 6.07) is 109. The molecule has 3 unspecified atom stereocenters. The van der Waals surface area contributed by atoms with Crippen molar-refractivity contribution in [1.29, 1.82) is 0 Å². The largest absolute Gasteiger partial charge is 0.359 e. The van der Waals surface area contributed by atoms with Gasteiger partial charge in [0.15, 0.2) is 0 Å². The molecule has 100 heavy (non-hydrogen) atoms. The topological polar surface area (TPSA) is 60.0 Å². The Morgan fingerprint density at radius 2 is 0.860 bits per heavy atom. The normalized spacial score (nSPS) is 16.1. The first kappa shape index (κ1) is 57.7. The van der Waals surface area contributed by atoms with Crippen molar-refractivity contribution in [3.05, 3.63) is 345 Å². The Morgan fingerprint density at radius 3 is 1.42 bits per heavy atom. The standard InChI is InChI=1S/C94H66N6/c1-7-25-59(26-8-1)87-90(62-29-11-3-12-30-62)99(93(97-87)65-33-15-5-16-34-65)68-49-45-61(46-50-68)86-83-58-67(70-53-55-80-73-39-21-19-37-71(73)77-42-23-41-76(70)84(77)80)57-82(75-54-56-81-74-40-22-20-38-72(74)78-43-24-44-79(75)85(78)81)89(83)96-92(95-86)64-47-51-69(52-48-64)100-91(63-31-13-4-14-32-63)88(60-27-9-2-10-28-60)98-94(100)66-35-17-6-18-36-66/h1-5,7-17,19-35,37-45,47-58,61,66,92,96H,6,18,36,46H2. The first-order chi connectivity index (χ1) is 49.6. The third-order valence-corrected chi connectivity index (χ3v) is 21.4. The highest BCUT2D eigenvalue weighted by Gasteiger charge is 2.35. The van der Waals surface area contributed by atoms with Crippen molar-refractivity contribution >= 4 is 38.6 Å². The molecule has 6 nitrogen and oxygen atoms in total. The van der Waals surface area contributed by atoms with E-state index < -0.39 is 6.17 Å². The first-order valence-electron chi connectivity index (χ1n) is 35.2. The molecule has 13 aromatic carbocycles. The summed E-state index contributed by atoms with van der Waals surface area (Å²) in [5.74, 6) is 2.00. The fraction of sp³-hybridized carbons (Fsp3) is 0.0745. The maximum absolute atomic E-state index is 6.09. The molecule has 472 valence electrons. The summed E-state index contributed by atoms with van der Waals surface area (Å²) in [4.78, 5) is 17.3. The van der Waals surface area contributed by atoms with Gasteiger partial charge in [-0.05, 0) is 144 Å². The van der Waals surface area contributed by atoms with Gasteiger partial charge < -0.3 is 5.32 Å². The van der Waals surface area contributed by atoms with E-state index in [0.717, 1.165) is 127 Å². The van der Waals surface area contributed by atoms with Gasteiger partial charge in [0.25, 0.3) is 0 Å². The molecule has 6 heteroatoms. The van der Waals surface area contributed by atoms with Gasteiger partial charge >= 0.3 is 0 Å². The number of hydrogen-bond donors (Lipinski definition) is 1. The highest BCUT2D eigenvalue weighted by molar-refractivity contribution is 6.22. The number of anilines is 1. The number of allylic oxidation sites excluding steroid dienone is 6. The van der Waals surface area contributed by atoms with Crippen LogP contribution in [0, 0.1) is 5.92 Å². The maximum atomic E-state index is 6.09. The molecule has 0 amide bonds. The van der Waals surface area contributed by atoms with Gasteiger partial charge in [0, 0.05) is 62.2 Å². The number of aromatic nitrogens is 4. The average molecular weight is 1280 g/mol. The van der Waals surface area contributed by atoms with Gasteiger partial charge in [0.2, 0.25) is 0 Å². The number of hydrogen-bond acceptors (Lipinski definition) is 4. The molecule has 3 heterocycles. The van der Waals surface area contributed by atoms with Gasteiger partial charge in [-0.1, -0.05) is 297 Å². The Bertz CT molecular complexity index is 5860. The van der Waals surface area contributed by atoms with Crippen molar-refractivity contribution in [1.82, 2.24) is 19.1 Å². The molecule has 0 fully saturated rings. The summed E-state index contributed by atoms with van der Waals surface area (Å²) in [5, 5.41) is 9.32. The lowest BCUT2D eigenvalue weighted by Gasteiger charge is -2.32. The molecule has 5 aliphatic rings. The van der Waals surface area contributed by atoms with Crippen LogP contribution < -0.4 is 5.32 Å². The Kier molecular flexibility index (Phi) is 13.6. The van der Waals surface area contributed by atoms with Gasteiger partial charge in [-0.25, -0.2) is 9.97 Å². The van der Waals surface area contributed by atoms with Crippen LogP contribution in [0.2, 0.25) is 0 Å². The van der Waals surface area contributed by atoms with Crippen LogP contribution in [-0.4, -0.2) is 24.8 Å². The van der Waals surface area contributed by atoms with Crippen molar-refractivity contribution in [2.24, 2.45) is 10.9 Å². The second-order valence-corrected chi connectivity index (χ2v) is 27.1. The molecule has 0 saturated carbocycles. The SMILES string of the molecule is C1=CC(c2nc(-c3ccccc3)c(-c3ccccc3)n2-c2ccc(C3N=C(C4C=CC(n5c(-c6ccccc6)nc(-c6ccccc6)c5-c5ccccc5)=CC4)c4cc(-c5ccc6c7c(cccc57)-c5ccccc5-6)cc(-c5ccc6c7c(cccc57)-c5ccccc5-6)c4N3)cc2)CCC1. The molecule has 15 aromatic rings. The minimum Gasteiger partial charge on any atom is -0.359 e. The van der Waals surface area contributed by atoms with Crippen LogP contribution in [0.1, 0.15) is 54.7 Å². The lowest BCUT2D eigenvalue weighted by Crippen LogP contribution is -2.26.